The number of aromatic nitrogens is 1. The summed E-state index contributed by atoms with van der Waals surface area (Å²) in [5.74, 6) is -0.410. The minimum atomic E-state index is -0.126. The summed E-state index contributed by atoms with van der Waals surface area (Å²) in [7, 11) is 4.84. The average molecular weight is 793 g/mol. The topological polar surface area (TPSA) is 142 Å². The van der Waals surface area contributed by atoms with Crippen LogP contribution >= 0.6 is 0 Å². The van der Waals surface area contributed by atoms with E-state index in [-0.39, 0.29) is 88.4 Å². The van der Waals surface area contributed by atoms with E-state index in [0.717, 1.165) is 27.4 Å². The number of fused-ring (bicyclic) bond motifs is 3. The van der Waals surface area contributed by atoms with Crippen molar-refractivity contribution in [3.05, 3.63) is 54.2 Å². The molecule has 13 nitrogen and oxygen atoms in total. The minimum Gasteiger partial charge on any atom is -0.358 e. The monoisotopic (exact) mass is 792 g/mol. The molecule has 0 radical (unpaired) electrons. The van der Waals surface area contributed by atoms with Crippen molar-refractivity contribution < 1.29 is 57.8 Å². The van der Waals surface area contributed by atoms with Crippen molar-refractivity contribution in [2.24, 2.45) is 0 Å². The smallest absolute Gasteiger partial charge is 0.358 e. The predicted octanol–water partition coefficient (Wildman–Crippen LogP) is -0.536. The van der Waals surface area contributed by atoms with Gasteiger partial charge in [-0.15, -0.1) is 0 Å². The molecule has 1 aromatic heterocycles. The Hall–Kier alpha value is -2.88. The van der Waals surface area contributed by atoms with Gasteiger partial charge in [0.25, 0.3) is 0 Å². The fourth-order valence-corrected chi connectivity index (χ4v) is 5.61. The summed E-state index contributed by atoms with van der Waals surface area (Å²) in [6.45, 7) is 5.61. The van der Waals surface area contributed by atoms with Crippen LogP contribution in [0.25, 0.3) is 21.7 Å². The third kappa shape index (κ3) is 11.9. The Morgan fingerprint density at radius 3 is 1.34 bits per heavy atom. The maximum Gasteiger partial charge on any atom is 3.00 e. The van der Waals surface area contributed by atoms with E-state index in [1.165, 1.54) is 0 Å². The van der Waals surface area contributed by atoms with E-state index >= 15 is 0 Å². The molecule has 1 aliphatic heterocycles. The summed E-state index contributed by atoms with van der Waals surface area (Å²) in [5, 5.41) is 14.3. The van der Waals surface area contributed by atoms with Crippen molar-refractivity contribution in [3.8, 4) is 0 Å². The van der Waals surface area contributed by atoms with Crippen LogP contribution in [-0.4, -0.2) is 148 Å². The molecular formula is C33H47N9O4Tb+3. The van der Waals surface area contributed by atoms with Crippen LogP contribution < -0.4 is 21.3 Å². The standard InChI is InChI=1S/C33H47N9O4.Tb/c1-34-30(43)21-39-12-14-40(22-31(44)35-2)16-18-42(19-17-41(15-13-39)23-32(45)36-3)24-33(46)37-20-29-27-10-5-4-8-25(27)26-9-6-7-11-28(26)38-29;/h4-11H,12-24H2,1-3H3,(H,34,43)(H,35,44)(H,36,45)(H,37,46);/q;+3. The molecular weight excluding hydrogens is 745 g/mol. The molecule has 0 spiro atoms. The molecule has 4 N–H and O–H groups in total. The number of carbonyl (C=O) groups is 4. The molecule has 0 atom stereocenters. The average Bonchev–Trinajstić information content (AvgIpc) is 3.07. The number of likely N-dealkylation sites (N-methyl/N-ethyl adjacent to an activating group) is 3. The number of benzene rings is 2. The first kappa shape index (κ1) is 38.6. The zero-order valence-electron chi connectivity index (χ0n) is 27.5. The van der Waals surface area contributed by atoms with Crippen molar-refractivity contribution in [3.63, 3.8) is 0 Å². The van der Waals surface area contributed by atoms with E-state index in [0.29, 0.717) is 58.9 Å². The van der Waals surface area contributed by atoms with Gasteiger partial charge in [-0.1, -0.05) is 42.5 Å². The molecule has 3 aromatic rings. The molecule has 1 saturated heterocycles. The number of hydrogen-bond donors (Lipinski definition) is 4. The van der Waals surface area contributed by atoms with Crippen LogP contribution in [0.1, 0.15) is 5.69 Å². The number of para-hydroxylation sites is 1. The van der Waals surface area contributed by atoms with Crippen LogP contribution in [0.15, 0.2) is 48.5 Å². The predicted molar refractivity (Wildman–Crippen MR) is 179 cm³/mol. The first-order chi connectivity index (χ1) is 22.3. The minimum absolute atomic E-state index is 0. The maximum atomic E-state index is 13.4. The number of nitrogens with zero attached hydrogens (tertiary/aromatic N) is 5. The molecule has 2 heterocycles. The van der Waals surface area contributed by atoms with E-state index in [1.54, 1.807) is 21.1 Å². The quantitative estimate of drug-likeness (QED) is 0.200. The van der Waals surface area contributed by atoms with Crippen LogP contribution in [0.4, 0.5) is 0 Å². The van der Waals surface area contributed by atoms with E-state index < -0.39 is 0 Å². The first-order valence-electron chi connectivity index (χ1n) is 15.8. The third-order valence-electron chi connectivity index (χ3n) is 8.38. The van der Waals surface area contributed by atoms with Crippen molar-refractivity contribution in [2.75, 3.05) is 99.7 Å². The Balaban J connectivity index is 0.00000600. The molecule has 0 saturated carbocycles. The molecule has 2 aromatic carbocycles. The van der Waals surface area contributed by atoms with Gasteiger partial charge in [0.05, 0.1) is 43.9 Å². The maximum absolute atomic E-state index is 13.4. The van der Waals surface area contributed by atoms with Gasteiger partial charge in [-0.05, 0) is 11.5 Å². The van der Waals surface area contributed by atoms with Gasteiger partial charge in [-0.25, -0.2) is 0 Å². The molecule has 4 rings (SSSR count). The molecule has 1 aliphatic rings. The van der Waals surface area contributed by atoms with Gasteiger partial charge in [0, 0.05) is 84.3 Å². The number of carbonyl (C=O) groups excluding carboxylic acids is 4. The Morgan fingerprint density at radius 1 is 0.553 bits per heavy atom. The Labute approximate surface area is 307 Å². The normalized spacial score (nSPS) is 16.0. The zero-order chi connectivity index (χ0) is 32.9. The fourth-order valence-electron chi connectivity index (χ4n) is 5.61. The van der Waals surface area contributed by atoms with E-state index in [1.807, 2.05) is 41.3 Å². The van der Waals surface area contributed by atoms with Crippen molar-refractivity contribution in [2.45, 2.75) is 6.54 Å². The number of rotatable bonds is 10. The van der Waals surface area contributed by atoms with E-state index in [2.05, 4.69) is 48.1 Å². The first-order valence-corrected chi connectivity index (χ1v) is 15.8. The van der Waals surface area contributed by atoms with Crippen LogP contribution in [-0.2, 0) is 25.7 Å². The van der Waals surface area contributed by atoms with Gasteiger partial charge in [-0.2, -0.15) is 0 Å². The molecule has 14 heteroatoms. The summed E-state index contributed by atoms with van der Waals surface area (Å²) < 4.78 is 0. The number of hydrogen-bond acceptors (Lipinski definition) is 9. The van der Waals surface area contributed by atoms with Gasteiger partial charge in [0.1, 0.15) is 0 Å². The van der Waals surface area contributed by atoms with Crippen LogP contribution in [0.3, 0.4) is 0 Å². The van der Waals surface area contributed by atoms with E-state index in [9.17, 15) is 19.2 Å². The van der Waals surface area contributed by atoms with Gasteiger partial charge in [0.15, 0.2) is 0 Å². The SMILES string of the molecule is CNC(=O)CN1CCN(CC(=O)NC)CCN(CC(=O)NCc2nc3ccccc3c3ccccc23)CCN(CC(=O)NC)CC1.[Tb+3]. The summed E-state index contributed by atoms with van der Waals surface area (Å²) in [4.78, 5) is 63.3. The van der Waals surface area contributed by atoms with Crippen molar-refractivity contribution >= 4 is 45.3 Å². The number of nitrogens with one attached hydrogen (secondary N) is 4. The molecule has 0 unspecified atom stereocenters. The van der Waals surface area contributed by atoms with Crippen LogP contribution in [0.2, 0.25) is 0 Å². The van der Waals surface area contributed by atoms with E-state index in [4.69, 9.17) is 4.98 Å². The second kappa shape index (κ2) is 19.8. The zero-order valence-corrected chi connectivity index (χ0v) is 29.7. The number of pyridine rings is 1. The molecule has 0 bridgehead atoms. The van der Waals surface area contributed by atoms with Gasteiger partial charge in [-0.3, -0.25) is 43.8 Å². The van der Waals surface area contributed by atoms with Crippen LogP contribution in [0, 0.1) is 38.6 Å². The largest absolute Gasteiger partial charge is 3.00 e. The summed E-state index contributed by atoms with van der Waals surface area (Å²) in [6, 6.07) is 16.1. The molecule has 254 valence electrons. The summed E-state index contributed by atoms with van der Waals surface area (Å²) in [6.07, 6.45) is 0. The Morgan fingerprint density at radius 2 is 0.915 bits per heavy atom. The van der Waals surface area contributed by atoms with Crippen molar-refractivity contribution in [1.82, 2.24) is 45.9 Å². The fraction of sp³-hybridized carbons (Fsp3) is 0.485. The molecule has 0 aliphatic carbocycles. The molecule has 1 fully saturated rings. The van der Waals surface area contributed by atoms with Crippen molar-refractivity contribution in [1.29, 1.82) is 0 Å². The van der Waals surface area contributed by atoms with Gasteiger partial charge >= 0.3 is 38.6 Å². The van der Waals surface area contributed by atoms with Gasteiger partial charge < -0.3 is 21.3 Å². The third-order valence-corrected chi connectivity index (χ3v) is 8.38. The second-order valence-corrected chi connectivity index (χ2v) is 11.5. The van der Waals surface area contributed by atoms with Gasteiger partial charge in [0.2, 0.25) is 23.6 Å². The molecule has 47 heavy (non-hydrogen) atoms. The Bertz CT molecular complexity index is 1470. The molecule has 4 amide bonds. The Kier molecular flexibility index (Phi) is 16.3. The summed E-state index contributed by atoms with van der Waals surface area (Å²) >= 11 is 0. The summed E-state index contributed by atoms with van der Waals surface area (Å²) in [5.41, 5.74) is 1.70. The second-order valence-electron chi connectivity index (χ2n) is 11.5. The number of amides is 4. The van der Waals surface area contributed by atoms with Crippen LogP contribution in [0.5, 0.6) is 0 Å².